The van der Waals surface area contributed by atoms with E-state index < -0.39 is 0 Å². The number of carbonyl (C=O) groups excluding carboxylic acids is 1. The summed E-state index contributed by atoms with van der Waals surface area (Å²) in [6, 6.07) is 12.0. The number of carbonyl (C=O) groups is 1. The second-order valence-electron chi connectivity index (χ2n) is 8.45. The van der Waals surface area contributed by atoms with E-state index in [1.165, 1.54) is 11.1 Å². The predicted octanol–water partition coefficient (Wildman–Crippen LogP) is 3.33. The number of nitrogens with one attached hydrogen (secondary N) is 1. The van der Waals surface area contributed by atoms with Crippen molar-refractivity contribution in [2.24, 2.45) is 0 Å². The van der Waals surface area contributed by atoms with Gasteiger partial charge in [-0.1, -0.05) is 32.0 Å². The molecule has 0 unspecified atom stereocenters. The van der Waals surface area contributed by atoms with Crippen LogP contribution in [0.1, 0.15) is 48.6 Å². The highest BCUT2D eigenvalue weighted by atomic mass is 16.2. The molecule has 0 spiro atoms. The van der Waals surface area contributed by atoms with Gasteiger partial charge in [-0.2, -0.15) is 5.26 Å². The smallest absolute Gasteiger partial charge is 0.238 e. The molecule has 1 saturated heterocycles. The van der Waals surface area contributed by atoms with Crippen molar-refractivity contribution in [2.45, 2.75) is 39.0 Å². The number of fused-ring (bicyclic) bond motifs is 1. The Morgan fingerprint density at radius 2 is 1.83 bits per heavy atom. The van der Waals surface area contributed by atoms with Gasteiger partial charge in [-0.25, -0.2) is 4.98 Å². The van der Waals surface area contributed by atoms with Crippen LogP contribution in [-0.2, 0) is 17.6 Å². The topological polar surface area (TPSA) is 72.3 Å². The molecule has 1 aliphatic carbocycles. The van der Waals surface area contributed by atoms with E-state index in [2.05, 4.69) is 35.0 Å². The van der Waals surface area contributed by atoms with E-state index in [1.807, 2.05) is 30.3 Å². The highest BCUT2D eigenvalue weighted by Gasteiger charge is 2.28. The van der Waals surface area contributed by atoms with E-state index in [0.717, 1.165) is 68.2 Å². The van der Waals surface area contributed by atoms with Crippen LogP contribution in [0, 0.1) is 11.3 Å². The van der Waals surface area contributed by atoms with Gasteiger partial charge in [0.1, 0.15) is 11.9 Å². The molecule has 1 aromatic carbocycles. The summed E-state index contributed by atoms with van der Waals surface area (Å²) < 4.78 is 0. The molecule has 1 aromatic heterocycles. The number of nitriles is 1. The summed E-state index contributed by atoms with van der Waals surface area (Å²) in [5, 5.41) is 12.8. The number of benzene rings is 1. The third kappa shape index (κ3) is 4.17. The minimum absolute atomic E-state index is 0.00473. The molecule has 2 heterocycles. The summed E-state index contributed by atoms with van der Waals surface area (Å²) in [7, 11) is 0. The molecule has 2 aliphatic rings. The molecule has 6 heteroatoms. The molecule has 0 bridgehead atoms. The van der Waals surface area contributed by atoms with Crippen molar-refractivity contribution < 1.29 is 4.79 Å². The van der Waals surface area contributed by atoms with E-state index in [1.54, 1.807) is 0 Å². The first-order valence-electron chi connectivity index (χ1n) is 10.8. The van der Waals surface area contributed by atoms with Gasteiger partial charge in [0.15, 0.2) is 0 Å². The molecule has 6 nitrogen and oxygen atoms in total. The van der Waals surface area contributed by atoms with Crippen LogP contribution < -0.4 is 10.2 Å². The Labute approximate surface area is 178 Å². The van der Waals surface area contributed by atoms with Gasteiger partial charge in [-0.15, -0.1) is 0 Å². The fourth-order valence-electron chi connectivity index (χ4n) is 4.54. The van der Waals surface area contributed by atoms with Crippen molar-refractivity contribution in [3.05, 3.63) is 52.7 Å². The SMILES string of the molecule is CC(C)c1nc(N2CCN(CC(=O)Nc3ccccc3)CC2)c(C#N)c2c1CCC2. The monoisotopic (exact) mass is 403 g/mol. The molecule has 2 aromatic rings. The van der Waals surface area contributed by atoms with E-state index in [0.29, 0.717) is 12.5 Å². The number of hydrogen-bond donors (Lipinski definition) is 1. The summed E-state index contributed by atoms with van der Waals surface area (Å²) >= 11 is 0. The average Bonchev–Trinajstić information content (AvgIpc) is 3.23. The maximum absolute atomic E-state index is 12.4. The standard InChI is InChI=1S/C24H29N5O/c1-17(2)23-20-10-6-9-19(20)21(15-25)24(27-23)29-13-11-28(12-14-29)16-22(30)26-18-7-4-3-5-8-18/h3-5,7-8,17H,6,9-14,16H2,1-2H3,(H,26,30). The van der Waals surface area contributed by atoms with Gasteiger partial charge in [-0.05, 0) is 48.4 Å². The molecule has 0 atom stereocenters. The molecular formula is C24H29N5O. The van der Waals surface area contributed by atoms with E-state index in [9.17, 15) is 10.1 Å². The van der Waals surface area contributed by atoms with Gasteiger partial charge in [0.25, 0.3) is 0 Å². The lowest BCUT2D eigenvalue weighted by Gasteiger charge is -2.36. The van der Waals surface area contributed by atoms with Crippen LogP contribution in [0.3, 0.4) is 0 Å². The minimum atomic E-state index is 0.00473. The summed E-state index contributed by atoms with van der Waals surface area (Å²) in [6.45, 7) is 7.85. The van der Waals surface area contributed by atoms with Gasteiger partial charge in [0.05, 0.1) is 12.1 Å². The van der Waals surface area contributed by atoms with Crippen molar-refractivity contribution in [2.75, 3.05) is 42.9 Å². The quantitative estimate of drug-likeness (QED) is 0.829. The second-order valence-corrected chi connectivity index (χ2v) is 8.45. The Morgan fingerprint density at radius 3 is 2.50 bits per heavy atom. The van der Waals surface area contributed by atoms with E-state index in [-0.39, 0.29) is 5.91 Å². The third-order valence-electron chi connectivity index (χ3n) is 6.03. The highest BCUT2D eigenvalue weighted by molar-refractivity contribution is 5.92. The lowest BCUT2D eigenvalue weighted by molar-refractivity contribution is -0.117. The fourth-order valence-corrected chi connectivity index (χ4v) is 4.54. The van der Waals surface area contributed by atoms with Gasteiger partial charge in [-0.3, -0.25) is 9.69 Å². The van der Waals surface area contributed by atoms with E-state index >= 15 is 0 Å². The number of para-hydroxylation sites is 1. The molecule has 1 aliphatic heterocycles. The van der Waals surface area contributed by atoms with Crippen molar-refractivity contribution in [3.8, 4) is 6.07 Å². The first-order chi connectivity index (χ1) is 14.6. The lowest BCUT2D eigenvalue weighted by Crippen LogP contribution is -2.49. The van der Waals surface area contributed by atoms with Crippen LogP contribution in [0.5, 0.6) is 0 Å². The Morgan fingerprint density at radius 1 is 1.13 bits per heavy atom. The molecule has 0 radical (unpaired) electrons. The molecule has 156 valence electrons. The first kappa shape index (κ1) is 20.4. The maximum atomic E-state index is 12.4. The second kappa shape index (κ2) is 8.85. The fraction of sp³-hybridized carbons (Fsp3) is 0.458. The van der Waals surface area contributed by atoms with Crippen molar-refractivity contribution in [1.82, 2.24) is 9.88 Å². The van der Waals surface area contributed by atoms with Gasteiger partial charge >= 0.3 is 0 Å². The number of anilines is 2. The average molecular weight is 404 g/mol. The number of nitrogens with zero attached hydrogens (tertiary/aromatic N) is 4. The maximum Gasteiger partial charge on any atom is 0.238 e. The molecular weight excluding hydrogens is 374 g/mol. The number of rotatable bonds is 5. The molecule has 4 rings (SSSR count). The zero-order chi connectivity index (χ0) is 21.1. The Hall–Kier alpha value is -2.91. The van der Waals surface area contributed by atoms with Crippen molar-refractivity contribution >= 4 is 17.4 Å². The Bertz CT molecular complexity index is 956. The number of piperazine rings is 1. The third-order valence-corrected chi connectivity index (χ3v) is 6.03. The van der Waals surface area contributed by atoms with Crippen LogP contribution in [0.4, 0.5) is 11.5 Å². The van der Waals surface area contributed by atoms with Crippen molar-refractivity contribution in [3.63, 3.8) is 0 Å². The van der Waals surface area contributed by atoms with Crippen LogP contribution >= 0.6 is 0 Å². The first-order valence-corrected chi connectivity index (χ1v) is 10.8. The summed E-state index contributed by atoms with van der Waals surface area (Å²) in [5.74, 6) is 1.20. The molecule has 1 amide bonds. The zero-order valence-electron chi connectivity index (χ0n) is 17.8. The number of amides is 1. The Balaban J connectivity index is 1.44. The number of aromatic nitrogens is 1. The molecule has 1 fully saturated rings. The molecule has 0 saturated carbocycles. The summed E-state index contributed by atoms with van der Waals surface area (Å²) in [5.41, 5.74) is 5.27. The largest absolute Gasteiger partial charge is 0.353 e. The normalized spacial score (nSPS) is 16.4. The van der Waals surface area contributed by atoms with Gasteiger partial charge < -0.3 is 10.2 Å². The number of hydrogen-bond acceptors (Lipinski definition) is 5. The van der Waals surface area contributed by atoms with Crippen LogP contribution in [0.15, 0.2) is 30.3 Å². The number of pyridine rings is 1. The minimum Gasteiger partial charge on any atom is -0.353 e. The predicted molar refractivity (Wildman–Crippen MR) is 119 cm³/mol. The van der Waals surface area contributed by atoms with Gasteiger partial charge in [0, 0.05) is 37.6 Å². The molecule has 1 N–H and O–H groups in total. The zero-order valence-corrected chi connectivity index (χ0v) is 17.8. The van der Waals surface area contributed by atoms with Crippen LogP contribution in [0.25, 0.3) is 0 Å². The lowest BCUT2D eigenvalue weighted by atomic mass is 9.97. The summed E-state index contributed by atoms with van der Waals surface area (Å²) in [4.78, 5) is 21.7. The van der Waals surface area contributed by atoms with Crippen LogP contribution in [0.2, 0.25) is 0 Å². The van der Waals surface area contributed by atoms with Crippen LogP contribution in [-0.4, -0.2) is 48.5 Å². The Kier molecular flexibility index (Phi) is 6.01. The molecule has 30 heavy (non-hydrogen) atoms. The van der Waals surface area contributed by atoms with Gasteiger partial charge in [0.2, 0.25) is 5.91 Å². The highest BCUT2D eigenvalue weighted by Crippen LogP contribution is 2.35. The summed E-state index contributed by atoms with van der Waals surface area (Å²) in [6.07, 6.45) is 3.13. The van der Waals surface area contributed by atoms with E-state index in [4.69, 9.17) is 4.98 Å². The van der Waals surface area contributed by atoms with Crippen molar-refractivity contribution in [1.29, 1.82) is 5.26 Å².